The summed E-state index contributed by atoms with van der Waals surface area (Å²) in [4.78, 5) is 2.50. The van der Waals surface area contributed by atoms with Crippen molar-refractivity contribution in [2.75, 3.05) is 18.8 Å². The largest absolute Gasteiger partial charge is 0.382 e. The molecule has 0 aliphatic heterocycles. The third-order valence-corrected chi connectivity index (χ3v) is 3.04. The number of anilines is 1. The maximum atomic E-state index is 5.70. The summed E-state index contributed by atoms with van der Waals surface area (Å²) in [5, 5.41) is 4.19. The van der Waals surface area contributed by atoms with Gasteiger partial charge in [0, 0.05) is 19.7 Å². The molecule has 0 fully saturated rings. The van der Waals surface area contributed by atoms with Crippen molar-refractivity contribution in [1.82, 2.24) is 14.7 Å². The average Bonchev–Trinajstić information content (AvgIpc) is 2.61. The predicted molar refractivity (Wildman–Crippen MR) is 72.7 cm³/mol. The van der Waals surface area contributed by atoms with Crippen LogP contribution < -0.4 is 5.73 Å². The van der Waals surface area contributed by atoms with Crippen LogP contribution in [0.4, 0.5) is 5.82 Å². The summed E-state index contributed by atoms with van der Waals surface area (Å²) in [6.07, 6.45) is 5.01. The van der Waals surface area contributed by atoms with Crippen molar-refractivity contribution in [3.63, 3.8) is 0 Å². The second-order valence-electron chi connectivity index (χ2n) is 4.67. The van der Waals surface area contributed by atoms with Crippen molar-refractivity contribution in [2.45, 2.75) is 46.1 Å². The molecule has 0 aromatic carbocycles. The summed E-state index contributed by atoms with van der Waals surface area (Å²) in [5.74, 6) is 0.619. The van der Waals surface area contributed by atoms with E-state index >= 15 is 0 Å². The fraction of sp³-hybridized carbons (Fsp3) is 0.769. The van der Waals surface area contributed by atoms with Gasteiger partial charge in [0.2, 0.25) is 0 Å². The quantitative estimate of drug-likeness (QED) is 0.756. The molecule has 1 aromatic rings. The normalized spacial score (nSPS) is 11.3. The molecule has 0 radical (unpaired) electrons. The molecule has 1 aromatic heterocycles. The molecule has 17 heavy (non-hydrogen) atoms. The van der Waals surface area contributed by atoms with E-state index < -0.39 is 0 Å². The Balaban J connectivity index is 2.54. The first kappa shape index (κ1) is 14.0. The maximum absolute atomic E-state index is 5.70. The van der Waals surface area contributed by atoms with E-state index in [0.717, 1.165) is 6.54 Å². The molecule has 0 aliphatic rings. The molecule has 98 valence electrons. The highest BCUT2D eigenvalue weighted by Gasteiger charge is 2.09. The van der Waals surface area contributed by atoms with Crippen LogP contribution in [0, 0.1) is 0 Å². The van der Waals surface area contributed by atoms with E-state index in [2.05, 4.69) is 23.8 Å². The van der Waals surface area contributed by atoms with Gasteiger partial charge in [-0.3, -0.25) is 9.58 Å². The molecule has 0 saturated heterocycles. The van der Waals surface area contributed by atoms with Crippen LogP contribution in [-0.4, -0.2) is 27.8 Å². The predicted octanol–water partition coefficient (Wildman–Crippen LogP) is 2.40. The van der Waals surface area contributed by atoms with Crippen molar-refractivity contribution < 1.29 is 0 Å². The fourth-order valence-electron chi connectivity index (χ4n) is 1.94. The smallest absolute Gasteiger partial charge is 0.145 e. The van der Waals surface area contributed by atoms with Crippen LogP contribution in [0.25, 0.3) is 0 Å². The molecule has 2 N–H and O–H groups in total. The van der Waals surface area contributed by atoms with Gasteiger partial charge in [-0.05, 0) is 25.9 Å². The minimum absolute atomic E-state index is 0.619. The Hall–Kier alpha value is -1.03. The summed E-state index contributed by atoms with van der Waals surface area (Å²) in [7, 11) is 1.96. The lowest BCUT2D eigenvalue weighted by atomic mass is 10.2. The molecule has 0 amide bonds. The van der Waals surface area contributed by atoms with E-state index in [1.807, 2.05) is 17.8 Å². The van der Waals surface area contributed by atoms with Gasteiger partial charge < -0.3 is 5.73 Å². The van der Waals surface area contributed by atoms with Gasteiger partial charge in [-0.15, -0.1) is 0 Å². The monoisotopic (exact) mass is 238 g/mol. The molecule has 0 aliphatic carbocycles. The van der Waals surface area contributed by atoms with Crippen molar-refractivity contribution in [3.05, 3.63) is 11.8 Å². The zero-order valence-electron chi connectivity index (χ0n) is 11.4. The van der Waals surface area contributed by atoms with Crippen LogP contribution in [0.2, 0.25) is 0 Å². The second kappa shape index (κ2) is 7.33. The van der Waals surface area contributed by atoms with Gasteiger partial charge in [-0.1, -0.05) is 26.7 Å². The lowest BCUT2D eigenvalue weighted by Gasteiger charge is -2.21. The van der Waals surface area contributed by atoms with Crippen LogP contribution in [0.3, 0.4) is 0 Å². The van der Waals surface area contributed by atoms with Crippen molar-refractivity contribution in [1.29, 1.82) is 0 Å². The molecule has 0 atom stereocenters. The number of aromatic nitrogens is 2. The number of aryl methyl sites for hydroxylation is 1. The Bertz CT molecular complexity index is 311. The van der Waals surface area contributed by atoms with Gasteiger partial charge in [-0.25, -0.2) is 0 Å². The van der Waals surface area contributed by atoms with E-state index in [-0.39, 0.29) is 0 Å². The van der Waals surface area contributed by atoms with Crippen LogP contribution in [0.15, 0.2) is 6.07 Å². The Morgan fingerprint density at radius 1 is 1.24 bits per heavy atom. The van der Waals surface area contributed by atoms with E-state index in [0.29, 0.717) is 5.82 Å². The number of rotatable bonds is 8. The third kappa shape index (κ3) is 4.77. The molecule has 0 unspecified atom stereocenters. The fourth-order valence-corrected chi connectivity index (χ4v) is 1.94. The average molecular weight is 238 g/mol. The SMILES string of the molecule is CCCCN(CCCC)Cc1cc(N)nn1C. The van der Waals surface area contributed by atoms with Crippen molar-refractivity contribution in [3.8, 4) is 0 Å². The molecule has 0 saturated carbocycles. The van der Waals surface area contributed by atoms with Crippen molar-refractivity contribution in [2.24, 2.45) is 7.05 Å². The topological polar surface area (TPSA) is 47.1 Å². The lowest BCUT2D eigenvalue weighted by molar-refractivity contribution is 0.250. The Labute approximate surface area is 105 Å². The second-order valence-corrected chi connectivity index (χ2v) is 4.67. The lowest BCUT2D eigenvalue weighted by Crippen LogP contribution is -2.26. The number of nitrogen functional groups attached to an aromatic ring is 1. The molecule has 1 heterocycles. The van der Waals surface area contributed by atoms with Crippen LogP contribution >= 0.6 is 0 Å². The van der Waals surface area contributed by atoms with Gasteiger partial charge >= 0.3 is 0 Å². The molecular weight excluding hydrogens is 212 g/mol. The molecule has 1 rings (SSSR count). The standard InChI is InChI=1S/C13H26N4/c1-4-6-8-17(9-7-5-2)11-12-10-13(14)15-16(12)3/h10H,4-9,11H2,1-3H3,(H2,14,15). The first-order valence-electron chi connectivity index (χ1n) is 6.68. The molecule has 0 bridgehead atoms. The number of nitrogens with two attached hydrogens (primary N) is 1. The minimum Gasteiger partial charge on any atom is -0.382 e. The number of hydrogen-bond acceptors (Lipinski definition) is 3. The highest BCUT2D eigenvalue weighted by Crippen LogP contribution is 2.10. The number of hydrogen-bond donors (Lipinski definition) is 1. The molecule has 0 spiro atoms. The molecule has 4 heteroatoms. The van der Waals surface area contributed by atoms with Crippen LogP contribution in [0.1, 0.15) is 45.2 Å². The van der Waals surface area contributed by atoms with Gasteiger partial charge in [-0.2, -0.15) is 5.10 Å². The summed E-state index contributed by atoms with van der Waals surface area (Å²) in [5.41, 5.74) is 6.91. The minimum atomic E-state index is 0.619. The maximum Gasteiger partial charge on any atom is 0.145 e. The highest BCUT2D eigenvalue weighted by atomic mass is 15.3. The Kier molecular flexibility index (Phi) is 6.05. The Morgan fingerprint density at radius 3 is 2.24 bits per heavy atom. The van der Waals surface area contributed by atoms with E-state index in [9.17, 15) is 0 Å². The van der Waals surface area contributed by atoms with E-state index in [1.54, 1.807) is 0 Å². The highest BCUT2D eigenvalue weighted by molar-refractivity contribution is 5.29. The van der Waals surface area contributed by atoms with E-state index in [4.69, 9.17) is 5.73 Å². The summed E-state index contributed by atoms with van der Waals surface area (Å²) in [6.45, 7) is 7.77. The molecular formula is C13H26N4. The summed E-state index contributed by atoms with van der Waals surface area (Å²) in [6, 6.07) is 1.98. The van der Waals surface area contributed by atoms with Crippen LogP contribution in [0.5, 0.6) is 0 Å². The van der Waals surface area contributed by atoms with Gasteiger partial charge in [0.1, 0.15) is 5.82 Å². The van der Waals surface area contributed by atoms with Crippen LogP contribution in [-0.2, 0) is 13.6 Å². The van der Waals surface area contributed by atoms with Gasteiger partial charge in [0.05, 0.1) is 5.69 Å². The third-order valence-electron chi connectivity index (χ3n) is 3.04. The van der Waals surface area contributed by atoms with Gasteiger partial charge in [0.15, 0.2) is 0 Å². The molecule has 4 nitrogen and oxygen atoms in total. The first-order chi connectivity index (χ1) is 8.17. The first-order valence-corrected chi connectivity index (χ1v) is 6.68. The van der Waals surface area contributed by atoms with E-state index in [1.165, 1.54) is 44.5 Å². The summed E-state index contributed by atoms with van der Waals surface area (Å²) < 4.78 is 1.89. The zero-order chi connectivity index (χ0) is 12.7. The number of nitrogens with zero attached hydrogens (tertiary/aromatic N) is 3. The zero-order valence-corrected chi connectivity index (χ0v) is 11.4. The Morgan fingerprint density at radius 2 is 1.82 bits per heavy atom. The summed E-state index contributed by atoms with van der Waals surface area (Å²) >= 11 is 0. The number of unbranched alkanes of at least 4 members (excludes halogenated alkanes) is 2. The van der Waals surface area contributed by atoms with Gasteiger partial charge in [0.25, 0.3) is 0 Å². The van der Waals surface area contributed by atoms with Crippen molar-refractivity contribution >= 4 is 5.82 Å².